The average Bonchev–Trinajstić information content (AvgIpc) is 2.67. The van der Waals surface area contributed by atoms with E-state index >= 15 is 0 Å². The van der Waals surface area contributed by atoms with Crippen LogP contribution in [0.3, 0.4) is 0 Å². The number of hydrogen-bond donors (Lipinski definition) is 2. The molecular formula is C21H18ClN3O2. The van der Waals surface area contributed by atoms with Crippen LogP contribution in [-0.4, -0.2) is 16.8 Å². The van der Waals surface area contributed by atoms with E-state index in [1.807, 2.05) is 38.1 Å². The van der Waals surface area contributed by atoms with Gasteiger partial charge in [-0.1, -0.05) is 35.4 Å². The smallest absolute Gasteiger partial charge is 0.257 e. The maximum atomic E-state index is 12.5. The van der Waals surface area contributed by atoms with Crippen LogP contribution in [0.25, 0.3) is 0 Å². The van der Waals surface area contributed by atoms with Gasteiger partial charge in [0.05, 0.1) is 11.1 Å². The van der Waals surface area contributed by atoms with E-state index in [1.165, 1.54) is 18.5 Å². The molecule has 2 aromatic carbocycles. The van der Waals surface area contributed by atoms with Gasteiger partial charge in [-0.3, -0.25) is 14.6 Å². The van der Waals surface area contributed by atoms with E-state index in [2.05, 4.69) is 15.6 Å². The number of carbonyl (C=O) groups is 2. The average molecular weight is 380 g/mol. The van der Waals surface area contributed by atoms with Crippen LogP contribution >= 0.6 is 11.6 Å². The second-order valence-electron chi connectivity index (χ2n) is 6.15. The van der Waals surface area contributed by atoms with Gasteiger partial charge in [-0.15, -0.1) is 0 Å². The van der Waals surface area contributed by atoms with Crippen molar-refractivity contribution in [2.24, 2.45) is 0 Å². The van der Waals surface area contributed by atoms with Gasteiger partial charge in [-0.05, 0) is 49.7 Å². The number of nitrogens with zero attached hydrogens (tertiary/aromatic N) is 1. The largest absolute Gasteiger partial charge is 0.322 e. The molecule has 3 aromatic rings. The van der Waals surface area contributed by atoms with E-state index in [9.17, 15) is 9.59 Å². The van der Waals surface area contributed by atoms with Gasteiger partial charge in [0, 0.05) is 28.8 Å². The van der Waals surface area contributed by atoms with Crippen molar-refractivity contribution >= 4 is 34.8 Å². The maximum Gasteiger partial charge on any atom is 0.257 e. The molecule has 0 atom stereocenters. The number of anilines is 2. The van der Waals surface area contributed by atoms with Crippen molar-refractivity contribution in [3.63, 3.8) is 0 Å². The number of benzene rings is 2. The summed E-state index contributed by atoms with van der Waals surface area (Å²) in [6, 6.07) is 14.2. The zero-order chi connectivity index (χ0) is 19.4. The van der Waals surface area contributed by atoms with Crippen LogP contribution < -0.4 is 10.6 Å². The topological polar surface area (TPSA) is 71.1 Å². The Morgan fingerprint density at radius 3 is 2.19 bits per heavy atom. The fraction of sp³-hybridized carbons (Fsp3) is 0.0952. The molecule has 3 rings (SSSR count). The number of carbonyl (C=O) groups excluding carboxylic acids is 2. The molecule has 0 aliphatic heterocycles. The van der Waals surface area contributed by atoms with E-state index in [4.69, 9.17) is 11.6 Å². The second kappa shape index (κ2) is 8.01. The third-order valence-corrected chi connectivity index (χ3v) is 4.50. The van der Waals surface area contributed by atoms with Crippen molar-refractivity contribution in [1.82, 2.24) is 4.98 Å². The lowest BCUT2D eigenvalue weighted by atomic mass is 10.1. The molecule has 2 amide bonds. The predicted molar refractivity (Wildman–Crippen MR) is 108 cm³/mol. The molecule has 27 heavy (non-hydrogen) atoms. The molecule has 0 saturated heterocycles. The van der Waals surface area contributed by atoms with Crippen LogP contribution in [0.5, 0.6) is 0 Å². The van der Waals surface area contributed by atoms with Crippen molar-refractivity contribution in [3.05, 3.63) is 88.2 Å². The molecule has 0 radical (unpaired) electrons. The summed E-state index contributed by atoms with van der Waals surface area (Å²) in [4.78, 5) is 29.0. The van der Waals surface area contributed by atoms with Crippen molar-refractivity contribution in [3.8, 4) is 0 Å². The zero-order valence-electron chi connectivity index (χ0n) is 14.9. The fourth-order valence-electron chi connectivity index (χ4n) is 2.47. The number of amides is 2. The van der Waals surface area contributed by atoms with E-state index in [0.717, 1.165) is 11.1 Å². The van der Waals surface area contributed by atoms with Crippen LogP contribution in [0.15, 0.2) is 60.9 Å². The van der Waals surface area contributed by atoms with Crippen molar-refractivity contribution in [1.29, 1.82) is 0 Å². The molecule has 5 nitrogen and oxygen atoms in total. The van der Waals surface area contributed by atoms with Crippen LogP contribution in [-0.2, 0) is 0 Å². The highest BCUT2D eigenvalue weighted by Gasteiger charge is 2.13. The molecule has 1 heterocycles. The lowest BCUT2D eigenvalue weighted by Crippen LogP contribution is -2.16. The lowest BCUT2D eigenvalue weighted by molar-refractivity contribution is 0.102. The Hall–Kier alpha value is -3.18. The van der Waals surface area contributed by atoms with Gasteiger partial charge in [0.1, 0.15) is 0 Å². The third-order valence-electron chi connectivity index (χ3n) is 4.09. The van der Waals surface area contributed by atoms with Crippen LogP contribution in [0.4, 0.5) is 11.4 Å². The second-order valence-corrected chi connectivity index (χ2v) is 6.56. The summed E-state index contributed by atoms with van der Waals surface area (Å²) in [5.41, 5.74) is 3.74. The summed E-state index contributed by atoms with van der Waals surface area (Å²) in [5.74, 6) is -0.696. The standard InChI is InChI=1S/C21H18ClN3O2/c1-13-6-8-17(9-7-13)24-20(26)15-10-16(12-23-11-15)21(27)25-19-5-3-4-18(22)14(19)2/h3-12H,1-2H3,(H,24,26)(H,25,27). The first-order chi connectivity index (χ1) is 12.9. The first kappa shape index (κ1) is 18.6. The van der Waals surface area contributed by atoms with Gasteiger partial charge in [0.15, 0.2) is 0 Å². The molecule has 136 valence electrons. The molecule has 0 spiro atoms. The van der Waals surface area contributed by atoms with E-state index in [-0.39, 0.29) is 17.4 Å². The number of hydrogen-bond acceptors (Lipinski definition) is 3. The number of aryl methyl sites for hydroxylation is 1. The molecule has 0 aliphatic carbocycles. The fourth-order valence-corrected chi connectivity index (χ4v) is 2.64. The summed E-state index contributed by atoms with van der Waals surface area (Å²) in [6.07, 6.45) is 2.84. The van der Waals surface area contributed by atoms with Crippen LogP contribution in [0.1, 0.15) is 31.8 Å². The van der Waals surface area contributed by atoms with E-state index in [0.29, 0.717) is 22.0 Å². The minimum atomic E-state index is -0.363. The van der Waals surface area contributed by atoms with Gasteiger partial charge in [0.2, 0.25) is 0 Å². The third kappa shape index (κ3) is 4.51. The number of pyridine rings is 1. The first-order valence-corrected chi connectivity index (χ1v) is 8.71. The number of halogens is 1. The molecular weight excluding hydrogens is 362 g/mol. The molecule has 0 aliphatic rings. The van der Waals surface area contributed by atoms with Crippen molar-refractivity contribution in [2.45, 2.75) is 13.8 Å². The quantitative estimate of drug-likeness (QED) is 0.680. The molecule has 2 N–H and O–H groups in total. The van der Waals surface area contributed by atoms with E-state index < -0.39 is 0 Å². The van der Waals surface area contributed by atoms with Gasteiger partial charge in [-0.2, -0.15) is 0 Å². The number of aromatic nitrogens is 1. The van der Waals surface area contributed by atoms with Gasteiger partial charge in [0.25, 0.3) is 11.8 Å². The molecule has 0 bridgehead atoms. The Labute approximate surface area is 162 Å². The molecule has 1 aromatic heterocycles. The van der Waals surface area contributed by atoms with Gasteiger partial charge >= 0.3 is 0 Å². The molecule has 0 unspecified atom stereocenters. The van der Waals surface area contributed by atoms with Crippen LogP contribution in [0.2, 0.25) is 5.02 Å². The summed E-state index contributed by atoms with van der Waals surface area (Å²) >= 11 is 6.08. The first-order valence-electron chi connectivity index (χ1n) is 8.33. The lowest BCUT2D eigenvalue weighted by Gasteiger charge is -2.10. The summed E-state index contributed by atoms with van der Waals surface area (Å²) in [5, 5.41) is 6.15. The Kier molecular flexibility index (Phi) is 5.52. The van der Waals surface area contributed by atoms with Crippen molar-refractivity contribution < 1.29 is 9.59 Å². The molecule has 0 fully saturated rings. The van der Waals surface area contributed by atoms with E-state index in [1.54, 1.807) is 18.2 Å². The number of nitrogens with one attached hydrogen (secondary N) is 2. The summed E-state index contributed by atoms with van der Waals surface area (Å²) < 4.78 is 0. The molecule has 0 saturated carbocycles. The minimum absolute atomic E-state index is 0.283. The molecule has 6 heteroatoms. The van der Waals surface area contributed by atoms with Crippen molar-refractivity contribution in [2.75, 3.05) is 10.6 Å². The Morgan fingerprint density at radius 2 is 1.52 bits per heavy atom. The van der Waals surface area contributed by atoms with Crippen LogP contribution in [0, 0.1) is 13.8 Å². The van der Waals surface area contributed by atoms with Gasteiger partial charge < -0.3 is 10.6 Å². The highest BCUT2D eigenvalue weighted by molar-refractivity contribution is 6.31. The zero-order valence-corrected chi connectivity index (χ0v) is 15.7. The monoisotopic (exact) mass is 379 g/mol. The highest BCUT2D eigenvalue weighted by Crippen LogP contribution is 2.23. The summed E-state index contributed by atoms with van der Waals surface area (Å²) in [7, 11) is 0. The normalized spacial score (nSPS) is 10.3. The number of rotatable bonds is 4. The minimum Gasteiger partial charge on any atom is -0.322 e. The predicted octanol–water partition coefficient (Wildman–Crippen LogP) is 4.86. The maximum absolute atomic E-state index is 12.5. The van der Waals surface area contributed by atoms with Gasteiger partial charge in [-0.25, -0.2) is 0 Å². The Morgan fingerprint density at radius 1 is 0.889 bits per heavy atom. The Balaban J connectivity index is 1.76. The summed E-state index contributed by atoms with van der Waals surface area (Å²) in [6.45, 7) is 3.79. The Bertz CT molecular complexity index is 1000. The highest BCUT2D eigenvalue weighted by atomic mass is 35.5. The SMILES string of the molecule is Cc1ccc(NC(=O)c2cncc(C(=O)Nc3cccc(Cl)c3C)c2)cc1.